The van der Waals surface area contributed by atoms with E-state index in [-0.39, 0.29) is 24.9 Å². The summed E-state index contributed by atoms with van der Waals surface area (Å²) < 4.78 is 32.3. The first kappa shape index (κ1) is 16.6. The molecule has 0 unspecified atom stereocenters. The number of carbonyl (C=O) groups excluding carboxylic acids is 2. The summed E-state index contributed by atoms with van der Waals surface area (Å²) in [5.41, 5.74) is 0.693. The van der Waals surface area contributed by atoms with E-state index in [2.05, 4.69) is 0 Å². The molecule has 0 spiro atoms. The molecule has 0 saturated carbocycles. The summed E-state index contributed by atoms with van der Waals surface area (Å²) in [7, 11) is 4.54. The lowest BCUT2D eigenvalue weighted by Crippen LogP contribution is -2.36. The average molecular weight is 362 g/mol. The number of allylic oxidation sites excluding steroid dienone is 2. The molecule has 138 valence electrons. The second-order valence-electron chi connectivity index (χ2n) is 6.16. The van der Waals surface area contributed by atoms with Crippen LogP contribution in [0.4, 0.5) is 0 Å². The first-order valence-corrected chi connectivity index (χ1v) is 8.11. The predicted octanol–water partition coefficient (Wildman–Crippen LogP) is 1.38. The third kappa shape index (κ3) is 2.21. The quantitative estimate of drug-likeness (QED) is 0.742. The molecule has 0 aromatic heterocycles. The molecule has 0 N–H and O–H groups in total. The van der Waals surface area contributed by atoms with Gasteiger partial charge in [0.25, 0.3) is 0 Å². The zero-order valence-corrected chi connectivity index (χ0v) is 14.6. The molecule has 2 aliphatic heterocycles. The summed E-state index contributed by atoms with van der Waals surface area (Å²) in [5.74, 6) is -0.620. The van der Waals surface area contributed by atoms with Gasteiger partial charge >= 0.3 is 5.97 Å². The molecular weight excluding hydrogens is 344 g/mol. The van der Waals surface area contributed by atoms with Crippen LogP contribution in [-0.4, -0.2) is 46.5 Å². The van der Waals surface area contributed by atoms with Crippen LogP contribution in [0.3, 0.4) is 0 Å². The summed E-state index contributed by atoms with van der Waals surface area (Å²) in [6, 6.07) is 3.49. The zero-order chi connectivity index (χ0) is 18.4. The number of rotatable bonds is 4. The van der Waals surface area contributed by atoms with Crippen molar-refractivity contribution in [1.82, 2.24) is 0 Å². The highest BCUT2D eigenvalue weighted by Gasteiger charge is 2.56. The molecule has 1 aromatic rings. The van der Waals surface area contributed by atoms with E-state index in [4.69, 9.17) is 28.4 Å². The van der Waals surface area contributed by atoms with E-state index in [1.165, 1.54) is 21.3 Å². The Morgan fingerprint density at radius 1 is 0.962 bits per heavy atom. The number of fused-ring (bicyclic) bond motifs is 1. The second-order valence-corrected chi connectivity index (χ2v) is 6.16. The number of methoxy groups -OCH3 is 3. The first-order chi connectivity index (χ1) is 12.6. The van der Waals surface area contributed by atoms with Crippen LogP contribution in [0.2, 0.25) is 0 Å². The van der Waals surface area contributed by atoms with Crippen molar-refractivity contribution < 1.29 is 38.0 Å². The minimum atomic E-state index is -0.675. The number of Topliss-reactive ketones (excluding diaryl/α,β-unsaturated/α-hetero) is 1. The number of carbonyl (C=O) groups is 2. The molecule has 1 aromatic carbocycles. The summed E-state index contributed by atoms with van der Waals surface area (Å²) in [6.45, 7) is -0.00475. The van der Waals surface area contributed by atoms with Gasteiger partial charge in [-0.3, -0.25) is 9.59 Å². The number of benzene rings is 1. The van der Waals surface area contributed by atoms with E-state index < -0.39 is 23.7 Å². The zero-order valence-electron chi connectivity index (χ0n) is 14.6. The SMILES string of the molecule is COc1cc([C@@H]2C3=C(OCO3)C(=O)[C@H]3COC(=O)[C@@H]32)cc(OC)c1OC. The van der Waals surface area contributed by atoms with Crippen LogP contribution in [0, 0.1) is 11.8 Å². The van der Waals surface area contributed by atoms with E-state index in [9.17, 15) is 9.59 Å². The van der Waals surface area contributed by atoms with Gasteiger partial charge in [0.05, 0.1) is 39.1 Å². The Morgan fingerprint density at radius 2 is 1.65 bits per heavy atom. The van der Waals surface area contributed by atoms with Gasteiger partial charge in [0, 0.05) is 0 Å². The Kier molecular flexibility index (Phi) is 3.90. The number of ketones is 1. The van der Waals surface area contributed by atoms with Crippen LogP contribution in [0.5, 0.6) is 17.2 Å². The van der Waals surface area contributed by atoms with Crippen LogP contribution >= 0.6 is 0 Å². The number of ether oxygens (including phenoxy) is 6. The average Bonchev–Trinajstić information content (AvgIpc) is 3.29. The highest BCUT2D eigenvalue weighted by atomic mass is 16.7. The van der Waals surface area contributed by atoms with Crippen molar-refractivity contribution in [2.24, 2.45) is 11.8 Å². The van der Waals surface area contributed by atoms with Crippen molar-refractivity contribution in [2.75, 3.05) is 34.7 Å². The van der Waals surface area contributed by atoms with E-state index >= 15 is 0 Å². The Bertz CT molecular complexity index is 786. The van der Waals surface area contributed by atoms with Gasteiger partial charge < -0.3 is 28.4 Å². The fraction of sp³-hybridized carbons (Fsp3) is 0.444. The van der Waals surface area contributed by atoms with Crippen LogP contribution in [-0.2, 0) is 23.8 Å². The van der Waals surface area contributed by atoms with Crippen molar-refractivity contribution in [1.29, 1.82) is 0 Å². The molecule has 0 radical (unpaired) electrons. The molecule has 4 rings (SSSR count). The molecule has 26 heavy (non-hydrogen) atoms. The fourth-order valence-corrected chi connectivity index (χ4v) is 3.83. The maximum absolute atomic E-state index is 12.6. The lowest BCUT2D eigenvalue weighted by Gasteiger charge is -2.29. The number of esters is 1. The molecule has 8 heteroatoms. The summed E-state index contributed by atoms with van der Waals surface area (Å²) in [4.78, 5) is 25.0. The third-order valence-electron chi connectivity index (χ3n) is 5.00. The van der Waals surface area contributed by atoms with Gasteiger partial charge in [-0.2, -0.15) is 0 Å². The third-order valence-corrected chi connectivity index (χ3v) is 5.00. The molecule has 8 nitrogen and oxygen atoms in total. The van der Waals surface area contributed by atoms with Crippen molar-refractivity contribution in [3.8, 4) is 17.2 Å². The van der Waals surface area contributed by atoms with Crippen LogP contribution in [0.1, 0.15) is 11.5 Å². The van der Waals surface area contributed by atoms with Crippen molar-refractivity contribution in [2.45, 2.75) is 5.92 Å². The van der Waals surface area contributed by atoms with Gasteiger partial charge in [0.2, 0.25) is 24.1 Å². The molecule has 3 aliphatic rings. The number of cyclic esters (lactones) is 1. The lowest BCUT2D eigenvalue weighted by atomic mass is 9.72. The Hall–Kier alpha value is -2.90. The van der Waals surface area contributed by atoms with Gasteiger partial charge in [0.15, 0.2) is 17.3 Å². The normalized spacial score (nSPS) is 26.5. The van der Waals surface area contributed by atoms with Gasteiger partial charge in [-0.1, -0.05) is 0 Å². The molecule has 0 bridgehead atoms. The number of hydrogen-bond acceptors (Lipinski definition) is 8. The Balaban J connectivity index is 1.90. The van der Waals surface area contributed by atoms with Crippen LogP contribution in [0.15, 0.2) is 23.7 Å². The standard InChI is InChI=1S/C18H18O8/c1-21-10-4-8(5-11(22-2)15(10)23-3)12-13-9(6-24-18(13)20)14(19)17-16(12)25-7-26-17/h4-5,9,12-13H,6-7H2,1-3H3/t9-,12-,13-/m0/s1. The predicted molar refractivity (Wildman–Crippen MR) is 85.8 cm³/mol. The van der Waals surface area contributed by atoms with Gasteiger partial charge in [-0.15, -0.1) is 0 Å². The summed E-state index contributed by atoms with van der Waals surface area (Å²) in [5, 5.41) is 0. The molecule has 3 atom stereocenters. The monoisotopic (exact) mass is 362 g/mol. The van der Waals surface area contributed by atoms with Crippen LogP contribution in [0.25, 0.3) is 0 Å². The van der Waals surface area contributed by atoms with Crippen molar-refractivity contribution in [3.63, 3.8) is 0 Å². The Morgan fingerprint density at radius 3 is 2.27 bits per heavy atom. The fourth-order valence-electron chi connectivity index (χ4n) is 3.83. The van der Waals surface area contributed by atoms with Gasteiger partial charge in [-0.05, 0) is 17.7 Å². The lowest BCUT2D eigenvalue weighted by molar-refractivity contribution is -0.142. The minimum absolute atomic E-state index is 0.0450. The van der Waals surface area contributed by atoms with Crippen molar-refractivity contribution in [3.05, 3.63) is 29.2 Å². The van der Waals surface area contributed by atoms with Gasteiger partial charge in [0.1, 0.15) is 6.61 Å². The van der Waals surface area contributed by atoms with E-state index in [0.29, 0.717) is 28.6 Å². The molecular formula is C18H18O8. The van der Waals surface area contributed by atoms with Crippen LogP contribution < -0.4 is 14.2 Å². The maximum atomic E-state index is 12.6. The molecule has 1 fully saturated rings. The highest BCUT2D eigenvalue weighted by molar-refractivity contribution is 6.02. The van der Waals surface area contributed by atoms with E-state index in [1.807, 2.05) is 0 Å². The van der Waals surface area contributed by atoms with Gasteiger partial charge in [-0.25, -0.2) is 0 Å². The Labute approximate surface area is 149 Å². The highest BCUT2D eigenvalue weighted by Crippen LogP contribution is 2.51. The smallest absolute Gasteiger partial charge is 0.310 e. The topological polar surface area (TPSA) is 89.5 Å². The van der Waals surface area contributed by atoms with E-state index in [1.54, 1.807) is 12.1 Å². The molecule has 0 amide bonds. The largest absolute Gasteiger partial charge is 0.493 e. The summed E-state index contributed by atoms with van der Waals surface area (Å²) >= 11 is 0. The maximum Gasteiger partial charge on any atom is 0.310 e. The minimum Gasteiger partial charge on any atom is -0.493 e. The second kappa shape index (κ2) is 6.12. The first-order valence-electron chi connectivity index (χ1n) is 8.11. The molecule has 2 heterocycles. The van der Waals surface area contributed by atoms with Crippen molar-refractivity contribution >= 4 is 11.8 Å². The molecule has 1 saturated heterocycles. The summed E-state index contributed by atoms with van der Waals surface area (Å²) in [6.07, 6.45) is 0. The van der Waals surface area contributed by atoms with E-state index in [0.717, 1.165) is 0 Å². The number of hydrogen-bond donors (Lipinski definition) is 0. The molecule has 1 aliphatic carbocycles.